The molecule has 1 unspecified atom stereocenters. The quantitative estimate of drug-likeness (QED) is 0.604. The lowest BCUT2D eigenvalue weighted by Gasteiger charge is -2.08. The van der Waals surface area contributed by atoms with E-state index in [9.17, 15) is 5.11 Å². The summed E-state index contributed by atoms with van der Waals surface area (Å²) in [5, 5.41) is 9.45. The molecule has 0 aromatic heterocycles. The van der Waals surface area contributed by atoms with Crippen molar-refractivity contribution in [3.8, 4) is 5.75 Å². The van der Waals surface area contributed by atoms with E-state index in [0.29, 0.717) is 6.61 Å². The Morgan fingerprint density at radius 1 is 1.20 bits per heavy atom. The molecule has 0 bridgehead atoms. The first-order valence-corrected chi connectivity index (χ1v) is 8.22. The van der Waals surface area contributed by atoms with Gasteiger partial charge in [0.05, 0.1) is 12.7 Å². The number of halogens is 1. The standard InChI is InChI=1S/C16H17BrO2S/c1-12(18)13-5-7-16(8-6-13)20-10-9-19-15-4-2-3-14(17)11-15/h2-8,11-12,18H,9-10H2,1H3. The summed E-state index contributed by atoms with van der Waals surface area (Å²) in [5.41, 5.74) is 0.944. The van der Waals surface area contributed by atoms with E-state index in [1.807, 2.05) is 48.5 Å². The molecule has 106 valence electrons. The van der Waals surface area contributed by atoms with Crippen LogP contribution in [0.15, 0.2) is 57.9 Å². The average Bonchev–Trinajstić information content (AvgIpc) is 2.44. The summed E-state index contributed by atoms with van der Waals surface area (Å²) < 4.78 is 6.70. The summed E-state index contributed by atoms with van der Waals surface area (Å²) >= 11 is 5.17. The molecule has 0 amide bonds. The maximum absolute atomic E-state index is 9.45. The molecule has 2 rings (SSSR count). The van der Waals surface area contributed by atoms with Gasteiger partial charge >= 0.3 is 0 Å². The molecule has 0 saturated carbocycles. The first kappa shape index (κ1) is 15.4. The molecule has 20 heavy (non-hydrogen) atoms. The van der Waals surface area contributed by atoms with Gasteiger partial charge in [-0.05, 0) is 42.8 Å². The fraction of sp³-hybridized carbons (Fsp3) is 0.250. The lowest BCUT2D eigenvalue weighted by Crippen LogP contribution is -2.00. The smallest absolute Gasteiger partial charge is 0.120 e. The Bertz CT molecular complexity index is 540. The van der Waals surface area contributed by atoms with Gasteiger partial charge in [0.15, 0.2) is 0 Å². The highest BCUT2D eigenvalue weighted by Crippen LogP contribution is 2.22. The van der Waals surface area contributed by atoms with Crippen molar-refractivity contribution >= 4 is 27.7 Å². The molecule has 0 fully saturated rings. The van der Waals surface area contributed by atoms with Gasteiger partial charge in [-0.1, -0.05) is 34.1 Å². The van der Waals surface area contributed by atoms with E-state index in [1.54, 1.807) is 18.7 Å². The van der Waals surface area contributed by atoms with E-state index in [4.69, 9.17) is 4.74 Å². The molecule has 0 spiro atoms. The molecule has 0 saturated heterocycles. The van der Waals surface area contributed by atoms with Crippen molar-refractivity contribution in [2.45, 2.75) is 17.9 Å². The number of thioether (sulfide) groups is 1. The third-order valence-electron chi connectivity index (χ3n) is 2.78. The molecule has 2 aromatic rings. The summed E-state index contributed by atoms with van der Waals surface area (Å²) in [7, 11) is 0. The molecule has 1 atom stereocenters. The van der Waals surface area contributed by atoms with Crippen LogP contribution >= 0.6 is 27.7 Å². The highest BCUT2D eigenvalue weighted by atomic mass is 79.9. The summed E-state index contributed by atoms with van der Waals surface area (Å²) in [4.78, 5) is 1.19. The number of aliphatic hydroxyl groups is 1. The van der Waals surface area contributed by atoms with Crippen molar-refractivity contribution in [2.75, 3.05) is 12.4 Å². The average molecular weight is 353 g/mol. The fourth-order valence-electron chi connectivity index (χ4n) is 1.72. The van der Waals surface area contributed by atoms with Gasteiger partial charge in [0.25, 0.3) is 0 Å². The van der Waals surface area contributed by atoms with E-state index in [-0.39, 0.29) is 0 Å². The van der Waals surface area contributed by atoms with Crippen LogP contribution in [0.25, 0.3) is 0 Å². The molecule has 4 heteroatoms. The summed E-state index contributed by atoms with van der Waals surface area (Å²) in [6.07, 6.45) is -0.408. The predicted molar refractivity (Wildman–Crippen MR) is 87.4 cm³/mol. The second kappa shape index (κ2) is 7.72. The van der Waals surface area contributed by atoms with Gasteiger partial charge in [-0.3, -0.25) is 0 Å². The van der Waals surface area contributed by atoms with E-state index in [2.05, 4.69) is 15.9 Å². The number of aliphatic hydroxyl groups excluding tert-OH is 1. The van der Waals surface area contributed by atoms with E-state index in [0.717, 1.165) is 21.5 Å². The molecule has 1 N–H and O–H groups in total. The molecule has 2 aromatic carbocycles. The Labute approximate surface area is 132 Å². The van der Waals surface area contributed by atoms with Gasteiger partial charge in [-0.2, -0.15) is 0 Å². The van der Waals surface area contributed by atoms with Crippen LogP contribution < -0.4 is 4.74 Å². The maximum Gasteiger partial charge on any atom is 0.120 e. The highest BCUT2D eigenvalue weighted by molar-refractivity contribution is 9.10. The van der Waals surface area contributed by atoms with Crippen LogP contribution in [-0.2, 0) is 0 Å². The minimum absolute atomic E-state index is 0.408. The van der Waals surface area contributed by atoms with Crippen molar-refractivity contribution in [2.24, 2.45) is 0 Å². The SMILES string of the molecule is CC(O)c1ccc(SCCOc2cccc(Br)c2)cc1. The van der Waals surface area contributed by atoms with Crippen LogP contribution in [0.3, 0.4) is 0 Å². The largest absolute Gasteiger partial charge is 0.493 e. The second-order valence-electron chi connectivity index (χ2n) is 4.40. The topological polar surface area (TPSA) is 29.5 Å². The first-order valence-electron chi connectivity index (χ1n) is 6.44. The van der Waals surface area contributed by atoms with Gasteiger partial charge in [-0.15, -0.1) is 11.8 Å². The Kier molecular flexibility index (Phi) is 5.95. The third kappa shape index (κ3) is 4.85. The summed E-state index contributed by atoms with van der Waals surface area (Å²) in [6, 6.07) is 15.8. The summed E-state index contributed by atoms with van der Waals surface area (Å²) in [5.74, 6) is 1.77. The number of hydrogen-bond acceptors (Lipinski definition) is 3. The van der Waals surface area contributed by atoms with Crippen LogP contribution in [0.4, 0.5) is 0 Å². The molecule has 0 aliphatic carbocycles. The van der Waals surface area contributed by atoms with Gasteiger partial charge in [0.2, 0.25) is 0 Å². The van der Waals surface area contributed by atoms with Crippen molar-refractivity contribution in [3.05, 3.63) is 58.6 Å². The van der Waals surface area contributed by atoms with E-state index >= 15 is 0 Å². The van der Waals surface area contributed by atoms with Crippen LogP contribution in [0, 0.1) is 0 Å². The minimum Gasteiger partial charge on any atom is -0.493 e. The maximum atomic E-state index is 9.45. The number of ether oxygens (including phenoxy) is 1. The highest BCUT2D eigenvalue weighted by Gasteiger charge is 2.01. The Balaban J connectivity index is 1.75. The first-order chi connectivity index (χ1) is 9.65. The van der Waals surface area contributed by atoms with Crippen molar-refractivity contribution in [3.63, 3.8) is 0 Å². The number of benzene rings is 2. The molecule has 2 nitrogen and oxygen atoms in total. The summed E-state index contributed by atoms with van der Waals surface area (Å²) in [6.45, 7) is 2.44. The van der Waals surface area contributed by atoms with Gasteiger partial charge in [0, 0.05) is 15.1 Å². The zero-order valence-corrected chi connectivity index (χ0v) is 13.7. The molecule has 0 radical (unpaired) electrons. The second-order valence-corrected chi connectivity index (χ2v) is 6.48. The van der Waals surface area contributed by atoms with Gasteiger partial charge in [-0.25, -0.2) is 0 Å². The number of hydrogen-bond donors (Lipinski definition) is 1. The Hall–Kier alpha value is -0.970. The minimum atomic E-state index is -0.408. The van der Waals surface area contributed by atoms with Crippen LogP contribution in [0.1, 0.15) is 18.6 Å². The Morgan fingerprint density at radius 2 is 1.95 bits per heavy atom. The van der Waals surface area contributed by atoms with Crippen molar-refractivity contribution < 1.29 is 9.84 Å². The molecule has 0 aliphatic rings. The molecule has 0 aliphatic heterocycles. The third-order valence-corrected chi connectivity index (χ3v) is 4.25. The molecular weight excluding hydrogens is 336 g/mol. The lowest BCUT2D eigenvalue weighted by molar-refractivity contribution is 0.199. The van der Waals surface area contributed by atoms with E-state index in [1.165, 1.54) is 4.90 Å². The van der Waals surface area contributed by atoms with Crippen LogP contribution in [0.5, 0.6) is 5.75 Å². The fourth-order valence-corrected chi connectivity index (χ4v) is 2.83. The van der Waals surface area contributed by atoms with E-state index < -0.39 is 6.10 Å². The normalized spacial score (nSPS) is 12.2. The lowest BCUT2D eigenvalue weighted by atomic mass is 10.1. The van der Waals surface area contributed by atoms with Crippen LogP contribution in [0.2, 0.25) is 0 Å². The predicted octanol–water partition coefficient (Wildman–Crippen LogP) is 4.67. The van der Waals surface area contributed by atoms with Crippen molar-refractivity contribution in [1.29, 1.82) is 0 Å². The van der Waals surface area contributed by atoms with Crippen LogP contribution in [-0.4, -0.2) is 17.5 Å². The zero-order chi connectivity index (χ0) is 14.4. The van der Waals surface area contributed by atoms with Gasteiger partial charge in [0.1, 0.15) is 5.75 Å². The molecular formula is C16H17BrO2S. The molecule has 0 heterocycles. The van der Waals surface area contributed by atoms with Gasteiger partial charge < -0.3 is 9.84 Å². The number of rotatable bonds is 6. The zero-order valence-electron chi connectivity index (χ0n) is 11.3. The monoisotopic (exact) mass is 352 g/mol. The Morgan fingerprint density at radius 3 is 2.60 bits per heavy atom. The van der Waals surface area contributed by atoms with Crippen molar-refractivity contribution in [1.82, 2.24) is 0 Å².